The number of rotatable bonds is 5. The summed E-state index contributed by atoms with van der Waals surface area (Å²) in [6, 6.07) is 6.55. The van der Waals surface area contributed by atoms with Crippen LogP contribution in [0.3, 0.4) is 0 Å². The highest BCUT2D eigenvalue weighted by molar-refractivity contribution is 6.33. The summed E-state index contributed by atoms with van der Waals surface area (Å²) in [6.45, 7) is 4.48. The number of piperidine rings is 1. The number of benzene rings is 1. The van der Waals surface area contributed by atoms with Crippen molar-refractivity contribution in [2.24, 2.45) is 5.92 Å². The standard InChI is InChI=1S/C16H22Cl2N2/c17-14-1-4-16(18)13(9-14)11-20(15-2-3-15)10-12-5-7-19-8-6-12/h1,4,9,12,15,19H,2-3,5-8,10-11H2. The smallest absolute Gasteiger partial charge is 0.0452 e. The molecule has 1 aromatic rings. The van der Waals surface area contributed by atoms with E-state index in [1.54, 1.807) is 0 Å². The molecule has 0 atom stereocenters. The molecule has 110 valence electrons. The van der Waals surface area contributed by atoms with Crippen LogP contribution >= 0.6 is 23.2 Å². The van der Waals surface area contributed by atoms with Gasteiger partial charge in [-0.25, -0.2) is 0 Å². The molecule has 0 radical (unpaired) electrons. The topological polar surface area (TPSA) is 15.3 Å². The van der Waals surface area contributed by atoms with E-state index in [9.17, 15) is 0 Å². The molecule has 1 aliphatic heterocycles. The molecule has 1 aromatic carbocycles. The molecule has 0 unspecified atom stereocenters. The van der Waals surface area contributed by atoms with E-state index in [2.05, 4.69) is 10.2 Å². The maximum atomic E-state index is 6.31. The fourth-order valence-electron chi connectivity index (χ4n) is 3.06. The van der Waals surface area contributed by atoms with Gasteiger partial charge in [0.2, 0.25) is 0 Å². The molecule has 0 bridgehead atoms. The van der Waals surface area contributed by atoms with Gasteiger partial charge in [0, 0.05) is 29.2 Å². The predicted octanol–water partition coefficient (Wildman–Crippen LogP) is 3.96. The second-order valence-electron chi connectivity index (χ2n) is 6.09. The molecule has 4 heteroatoms. The maximum absolute atomic E-state index is 6.31. The first-order valence-electron chi connectivity index (χ1n) is 7.61. The molecular weight excluding hydrogens is 291 g/mol. The molecule has 1 heterocycles. The van der Waals surface area contributed by atoms with Crippen LogP contribution in [-0.2, 0) is 6.54 Å². The summed E-state index contributed by atoms with van der Waals surface area (Å²) in [4.78, 5) is 2.62. The van der Waals surface area contributed by atoms with Gasteiger partial charge in [0.15, 0.2) is 0 Å². The van der Waals surface area contributed by atoms with Crippen molar-refractivity contribution in [2.75, 3.05) is 19.6 Å². The summed E-state index contributed by atoms with van der Waals surface area (Å²) >= 11 is 12.4. The van der Waals surface area contributed by atoms with Crippen molar-refractivity contribution in [3.8, 4) is 0 Å². The Morgan fingerprint density at radius 3 is 2.55 bits per heavy atom. The van der Waals surface area contributed by atoms with E-state index < -0.39 is 0 Å². The van der Waals surface area contributed by atoms with E-state index in [-0.39, 0.29) is 0 Å². The Bertz CT molecular complexity index is 454. The lowest BCUT2D eigenvalue weighted by molar-refractivity contribution is 0.190. The van der Waals surface area contributed by atoms with Gasteiger partial charge >= 0.3 is 0 Å². The summed E-state index contributed by atoms with van der Waals surface area (Å²) in [6.07, 6.45) is 5.27. The molecule has 2 aliphatic rings. The third-order valence-corrected chi connectivity index (χ3v) is 5.00. The second-order valence-corrected chi connectivity index (χ2v) is 6.93. The van der Waals surface area contributed by atoms with Crippen LogP contribution in [0.2, 0.25) is 10.0 Å². The van der Waals surface area contributed by atoms with Crippen molar-refractivity contribution >= 4 is 23.2 Å². The Morgan fingerprint density at radius 2 is 1.85 bits per heavy atom. The van der Waals surface area contributed by atoms with E-state index in [0.29, 0.717) is 0 Å². The minimum absolute atomic E-state index is 0.764. The summed E-state index contributed by atoms with van der Waals surface area (Å²) < 4.78 is 0. The van der Waals surface area contributed by atoms with Crippen LogP contribution < -0.4 is 5.32 Å². The van der Waals surface area contributed by atoms with E-state index in [1.807, 2.05) is 18.2 Å². The normalized spacial score (nSPS) is 20.6. The van der Waals surface area contributed by atoms with Gasteiger partial charge in [-0.2, -0.15) is 0 Å². The van der Waals surface area contributed by atoms with Gasteiger partial charge in [0.05, 0.1) is 0 Å². The Morgan fingerprint density at radius 1 is 1.10 bits per heavy atom. The zero-order valence-corrected chi connectivity index (χ0v) is 13.3. The van der Waals surface area contributed by atoms with Gasteiger partial charge in [-0.1, -0.05) is 23.2 Å². The lowest BCUT2D eigenvalue weighted by Gasteiger charge is -2.30. The van der Waals surface area contributed by atoms with Crippen molar-refractivity contribution < 1.29 is 0 Å². The van der Waals surface area contributed by atoms with E-state index in [4.69, 9.17) is 23.2 Å². The van der Waals surface area contributed by atoms with Gasteiger partial charge in [-0.15, -0.1) is 0 Å². The number of halogens is 2. The number of nitrogens with zero attached hydrogens (tertiary/aromatic N) is 1. The summed E-state index contributed by atoms with van der Waals surface area (Å²) in [5.74, 6) is 0.829. The van der Waals surface area contributed by atoms with Crippen LogP contribution in [0.5, 0.6) is 0 Å². The minimum Gasteiger partial charge on any atom is -0.317 e. The SMILES string of the molecule is Clc1ccc(Cl)c(CN(CC2CCNCC2)C2CC2)c1. The number of hydrogen-bond donors (Lipinski definition) is 1. The zero-order chi connectivity index (χ0) is 13.9. The van der Waals surface area contributed by atoms with E-state index >= 15 is 0 Å². The molecule has 2 nitrogen and oxygen atoms in total. The van der Waals surface area contributed by atoms with Crippen LogP contribution in [-0.4, -0.2) is 30.6 Å². The van der Waals surface area contributed by atoms with E-state index in [1.165, 1.54) is 50.9 Å². The van der Waals surface area contributed by atoms with Crippen molar-refractivity contribution in [3.63, 3.8) is 0 Å². The molecule has 0 spiro atoms. The first-order chi connectivity index (χ1) is 9.72. The molecule has 3 rings (SSSR count). The Kier molecular flexibility index (Phi) is 4.87. The average molecular weight is 313 g/mol. The average Bonchev–Trinajstić information content (AvgIpc) is 3.28. The van der Waals surface area contributed by atoms with Crippen LogP contribution in [0.4, 0.5) is 0 Å². The number of nitrogens with one attached hydrogen (secondary N) is 1. The minimum atomic E-state index is 0.764. The van der Waals surface area contributed by atoms with Crippen LogP contribution in [0.15, 0.2) is 18.2 Å². The third kappa shape index (κ3) is 3.88. The first kappa shape index (κ1) is 14.6. The fraction of sp³-hybridized carbons (Fsp3) is 0.625. The van der Waals surface area contributed by atoms with Crippen molar-refractivity contribution in [1.82, 2.24) is 10.2 Å². The Labute approximate surface area is 131 Å². The van der Waals surface area contributed by atoms with Crippen molar-refractivity contribution in [3.05, 3.63) is 33.8 Å². The molecule has 1 aliphatic carbocycles. The summed E-state index contributed by atoms with van der Waals surface area (Å²) in [5.41, 5.74) is 1.17. The van der Waals surface area contributed by atoms with Crippen molar-refractivity contribution in [2.45, 2.75) is 38.3 Å². The van der Waals surface area contributed by atoms with Gasteiger partial charge in [-0.05, 0) is 68.5 Å². The molecule has 1 N–H and O–H groups in total. The van der Waals surface area contributed by atoms with Gasteiger partial charge < -0.3 is 5.32 Å². The number of hydrogen-bond acceptors (Lipinski definition) is 2. The van der Waals surface area contributed by atoms with Crippen LogP contribution in [0, 0.1) is 5.92 Å². The van der Waals surface area contributed by atoms with Crippen LogP contribution in [0.25, 0.3) is 0 Å². The molecule has 1 saturated heterocycles. The quantitative estimate of drug-likeness (QED) is 0.885. The summed E-state index contributed by atoms with van der Waals surface area (Å²) in [7, 11) is 0. The van der Waals surface area contributed by atoms with Gasteiger partial charge in [0.25, 0.3) is 0 Å². The van der Waals surface area contributed by atoms with Gasteiger partial charge in [-0.3, -0.25) is 4.90 Å². The molecule has 2 fully saturated rings. The highest BCUT2D eigenvalue weighted by atomic mass is 35.5. The lowest BCUT2D eigenvalue weighted by Crippen LogP contribution is -2.37. The third-order valence-electron chi connectivity index (χ3n) is 4.40. The highest BCUT2D eigenvalue weighted by Crippen LogP contribution is 2.32. The molecule has 1 saturated carbocycles. The highest BCUT2D eigenvalue weighted by Gasteiger charge is 2.31. The molecule has 0 aromatic heterocycles. The maximum Gasteiger partial charge on any atom is 0.0452 e. The zero-order valence-electron chi connectivity index (χ0n) is 11.7. The fourth-order valence-corrected chi connectivity index (χ4v) is 3.43. The van der Waals surface area contributed by atoms with Gasteiger partial charge in [0.1, 0.15) is 0 Å². The van der Waals surface area contributed by atoms with Crippen molar-refractivity contribution in [1.29, 1.82) is 0 Å². The summed E-state index contributed by atoms with van der Waals surface area (Å²) in [5, 5.41) is 5.06. The van der Waals surface area contributed by atoms with Crippen LogP contribution in [0.1, 0.15) is 31.2 Å². The first-order valence-corrected chi connectivity index (χ1v) is 8.36. The van der Waals surface area contributed by atoms with E-state index in [0.717, 1.165) is 28.5 Å². The largest absolute Gasteiger partial charge is 0.317 e. The molecular formula is C16H22Cl2N2. The monoisotopic (exact) mass is 312 g/mol. The Hall–Kier alpha value is -0.280. The predicted molar refractivity (Wildman–Crippen MR) is 85.5 cm³/mol. The Balaban J connectivity index is 1.66. The lowest BCUT2D eigenvalue weighted by atomic mass is 9.97. The molecule has 20 heavy (non-hydrogen) atoms. The molecule has 0 amide bonds. The second kappa shape index (κ2) is 6.65.